The van der Waals surface area contributed by atoms with Gasteiger partial charge in [0.2, 0.25) is 0 Å². The summed E-state index contributed by atoms with van der Waals surface area (Å²) >= 11 is 0. The molecule has 61 heavy (non-hydrogen) atoms. The highest BCUT2D eigenvalue weighted by molar-refractivity contribution is 6.26. The van der Waals surface area contributed by atoms with Gasteiger partial charge >= 0.3 is 0 Å². The summed E-state index contributed by atoms with van der Waals surface area (Å²) in [5.74, 6) is 1.95. The summed E-state index contributed by atoms with van der Waals surface area (Å²) in [5, 5.41) is 7.22. The number of hydrogen-bond acceptors (Lipinski definition) is 3. The number of nitrogens with zero attached hydrogens (tertiary/aromatic N) is 3. The second-order valence-corrected chi connectivity index (χ2v) is 15.9. The third-order valence-corrected chi connectivity index (χ3v) is 12.6. The van der Waals surface area contributed by atoms with Crippen molar-refractivity contribution in [3.63, 3.8) is 0 Å². The van der Waals surface area contributed by atoms with Gasteiger partial charge in [-0.3, -0.25) is 0 Å². The van der Waals surface area contributed by atoms with Gasteiger partial charge < -0.3 is 0 Å². The zero-order valence-corrected chi connectivity index (χ0v) is 33.2. The molecule has 3 heteroatoms. The zero-order valence-electron chi connectivity index (χ0n) is 33.2. The summed E-state index contributed by atoms with van der Waals surface area (Å²) in [6, 6.07) is 80.8. The van der Waals surface area contributed by atoms with Crippen LogP contribution in [0.2, 0.25) is 0 Å². The van der Waals surface area contributed by atoms with Crippen LogP contribution < -0.4 is 0 Å². The van der Waals surface area contributed by atoms with Gasteiger partial charge in [-0.05, 0) is 95.0 Å². The van der Waals surface area contributed by atoms with E-state index in [1.807, 2.05) is 36.4 Å². The lowest BCUT2D eigenvalue weighted by molar-refractivity contribution is 0.769. The number of rotatable bonds is 6. The summed E-state index contributed by atoms with van der Waals surface area (Å²) in [6.45, 7) is 0. The molecule has 0 aliphatic heterocycles. The van der Waals surface area contributed by atoms with Crippen molar-refractivity contribution < 1.29 is 0 Å². The Balaban J connectivity index is 1.06. The van der Waals surface area contributed by atoms with Crippen LogP contribution >= 0.6 is 0 Å². The predicted octanol–water partition coefficient (Wildman–Crippen LogP) is 14.4. The largest absolute Gasteiger partial charge is 0.208 e. The number of fused-ring (bicyclic) bond motifs is 9. The first kappa shape index (κ1) is 35.0. The van der Waals surface area contributed by atoms with Crippen molar-refractivity contribution in [2.24, 2.45) is 0 Å². The first-order chi connectivity index (χ1) is 30.2. The van der Waals surface area contributed by atoms with Crippen LogP contribution in [0.5, 0.6) is 0 Å². The van der Waals surface area contributed by atoms with Gasteiger partial charge in [0.05, 0.1) is 5.41 Å². The highest BCUT2D eigenvalue weighted by Gasteiger charge is 2.46. The quantitative estimate of drug-likeness (QED) is 0.158. The second-order valence-electron chi connectivity index (χ2n) is 15.9. The molecule has 0 spiro atoms. The lowest BCUT2D eigenvalue weighted by Gasteiger charge is -2.34. The third kappa shape index (κ3) is 5.55. The monoisotopic (exact) mass is 775 g/mol. The molecule has 0 saturated heterocycles. The Labute approximate surface area is 354 Å². The van der Waals surface area contributed by atoms with Crippen LogP contribution in [0.1, 0.15) is 22.3 Å². The minimum absolute atomic E-state index is 0.462. The van der Waals surface area contributed by atoms with E-state index in [1.165, 1.54) is 71.4 Å². The van der Waals surface area contributed by atoms with Crippen molar-refractivity contribution in [2.75, 3.05) is 0 Å². The van der Waals surface area contributed by atoms with Crippen LogP contribution in [-0.4, -0.2) is 15.0 Å². The van der Waals surface area contributed by atoms with E-state index in [-0.39, 0.29) is 0 Å². The summed E-state index contributed by atoms with van der Waals surface area (Å²) in [6.07, 6.45) is 0. The van der Waals surface area contributed by atoms with Crippen LogP contribution in [0.3, 0.4) is 0 Å². The molecule has 284 valence electrons. The van der Waals surface area contributed by atoms with E-state index in [0.29, 0.717) is 17.5 Å². The van der Waals surface area contributed by atoms with E-state index < -0.39 is 5.41 Å². The highest BCUT2D eigenvalue weighted by Crippen LogP contribution is 2.56. The Morgan fingerprint density at radius 3 is 1.25 bits per heavy atom. The summed E-state index contributed by atoms with van der Waals surface area (Å²) in [7, 11) is 0. The Morgan fingerprint density at radius 1 is 0.246 bits per heavy atom. The number of aromatic nitrogens is 3. The van der Waals surface area contributed by atoms with Crippen molar-refractivity contribution in [2.45, 2.75) is 5.41 Å². The van der Waals surface area contributed by atoms with E-state index >= 15 is 0 Å². The van der Waals surface area contributed by atoms with Gasteiger partial charge in [-0.2, -0.15) is 0 Å². The molecule has 0 amide bonds. The summed E-state index contributed by atoms with van der Waals surface area (Å²) < 4.78 is 0. The van der Waals surface area contributed by atoms with Gasteiger partial charge in [0.1, 0.15) is 0 Å². The molecule has 10 aromatic carbocycles. The molecule has 11 aromatic rings. The first-order valence-electron chi connectivity index (χ1n) is 20.9. The van der Waals surface area contributed by atoms with Crippen LogP contribution in [-0.2, 0) is 5.41 Å². The summed E-state index contributed by atoms with van der Waals surface area (Å²) in [4.78, 5) is 15.1. The second kappa shape index (κ2) is 14.1. The average Bonchev–Trinajstić information content (AvgIpc) is 3.65. The maximum atomic E-state index is 5.08. The number of benzene rings is 10. The van der Waals surface area contributed by atoms with Gasteiger partial charge in [0.15, 0.2) is 17.5 Å². The molecule has 0 radical (unpaired) electrons. The number of hydrogen-bond donors (Lipinski definition) is 0. The molecule has 0 fully saturated rings. The molecule has 0 saturated carbocycles. The fourth-order valence-electron chi connectivity index (χ4n) is 9.84. The molecule has 0 atom stereocenters. The van der Waals surface area contributed by atoms with Crippen molar-refractivity contribution in [3.8, 4) is 56.4 Å². The minimum atomic E-state index is -0.462. The average molecular weight is 776 g/mol. The Morgan fingerprint density at radius 2 is 0.639 bits per heavy atom. The first-order valence-corrected chi connectivity index (χ1v) is 20.9. The maximum absolute atomic E-state index is 5.08. The molecule has 3 nitrogen and oxygen atoms in total. The molecule has 1 aromatic heterocycles. The van der Waals surface area contributed by atoms with E-state index in [0.717, 1.165) is 22.1 Å². The van der Waals surface area contributed by atoms with Crippen LogP contribution in [0.4, 0.5) is 0 Å². The van der Waals surface area contributed by atoms with E-state index in [2.05, 4.69) is 188 Å². The highest BCUT2D eigenvalue weighted by atomic mass is 15.0. The van der Waals surface area contributed by atoms with E-state index in [9.17, 15) is 0 Å². The standard InChI is InChI=1S/C58H37N3/c1-5-17-38(18-6-1)55-59-56(39-19-7-2-8-20-39)61-57(60-55)42-31-33-47-45-25-13-14-26-46(45)51-35-40(29-32-48(51)52(47)36-42)41-30-34-50-49-27-15-16-28-53(49)58(54(50)37-41,43-21-9-3-10-22-43)44-23-11-4-12-24-44/h1-37H. The molecule has 0 bridgehead atoms. The van der Waals surface area contributed by atoms with Gasteiger partial charge in [0.25, 0.3) is 0 Å². The molecular weight excluding hydrogens is 739 g/mol. The van der Waals surface area contributed by atoms with Gasteiger partial charge in [-0.25, -0.2) is 15.0 Å². The Hall–Kier alpha value is -8.01. The fraction of sp³-hybridized carbons (Fsp3) is 0.0172. The van der Waals surface area contributed by atoms with Crippen molar-refractivity contribution in [1.29, 1.82) is 0 Å². The lowest BCUT2D eigenvalue weighted by Crippen LogP contribution is -2.28. The molecule has 12 rings (SSSR count). The topological polar surface area (TPSA) is 38.7 Å². The molecule has 0 N–H and O–H groups in total. The molecular formula is C58H37N3. The predicted molar refractivity (Wildman–Crippen MR) is 251 cm³/mol. The lowest BCUT2D eigenvalue weighted by atomic mass is 9.67. The smallest absolute Gasteiger partial charge is 0.164 e. The fourth-order valence-corrected chi connectivity index (χ4v) is 9.84. The molecule has 1 heterocycles. The SMILES string of the molecule is c1ccc(-c2nc(-c3ccccc3)nc(-c3ccc4c5ccccc5c5cc(-c6ccc7c(c6)C(c6ccccc6)(c6ccccc6)c6ccccc6-7)ccc5c4c3)n2)cc1. The Kier molecular flexibility index (Phi) is 8.07. The van der Waals surface area contributed by atoms with Crippen molar-refractivity contribution in [3.05, 3.63) is 247 Å². The maximum Gasteiger partial charge on any atom is 0.164 e. The molecule has 0 unspecified atom stereocenters. The van der Waals surface area contributed by atoms with Gasteiger partial charge in [-0.15, -0.1) is 0 Å². The molecule has 1 aliphatic carbocycles. The van der Waals surface area contributed by atoms with Crippen LogP contribution in [0.15, 0.2) is 224 Å². The summed E-state index contributed by atoms with van der Waals surface area (Å²) in [5.41, 5.74) is 12.5. The van der Waals surface area contributed by atoms with E-state index in [1.54, 1.807) is 0 Å². The zero-order chi connectivity index (χ0) is 40.3. The van der Waals surface area contributed by atoms with Gasteiger partial charge in [-0.1, -0.05) is 206 Å². The third-order valence-electron chi connectivity index (χ3n) is 12.6. The van der Waals surface area contributed by atoms with Crippen molar-refractivity contribution >= 4 is 32.3 Å². The normalized spacial score (nSPS) is 12.7. The van der Waals surface area contributed by atoms with Crippen molar-refractivity contribution in [1.82, 2.24) is 15.0 Å². The molecule has 1 aliphatic rings. The van der Waals surface area contributed by atoms with Crippen LogP contribution in [0.25, 0.3) is 88.7 Å². The van der Waals surface area contributed by atoms with Gasteiger partial charge in [0, 0.05) is 16.7 Å². The minimum Gasteiger partial charge on any atom is -0.208 e. The van der Waals surface area contributed by atoms with Crippen LogP contribution in [0, 0.1) is 0 Å². The Bertz CT molecular complexity index is 3360. The van der Waals surface area contributed by atoms with E-state index in [4.69, 9.17) is 15.0 Å².